The molecule has 1 fully saturated rings. The summed E-state index contributed by atoms with van der Waals surface area (Å²) in [5.41, 5.74) is 0.694. The molecule has 2 aromatic rings. The number of carbonyl (C=O) groups is 3. The van der Waals surface area contributed by atoms with Crippen molar-refractivity contribution in [1.29, 1.82) is 0 Å². The van der Waals surface area contributed by atoms with E-state index in [1.807, 2.05) is 0 Å². The third-order valence-electron chi connectivity index (χ3n) is 4.22. The number of amides is 4. The van der Waals surface area contributed by atoms with Gasteiger partial charge in [0.25, 0.3) is 5.91 Å². The SMILES string of the molecule is COc1ccc(CN2C(=O)N[C@@H](CC(=O)Nc3ccccn3)C2=O)cc1OC. The Labute approximate surface area is 161 Å². The molecule has 1 aromatic carbocycles. The first-order valence-electron chi connectivity index (χ1n) is 8.55. The zero-order valence-corrected chi connectivity index (χ0v) is 15.5. The molecule has 9 heteroatoms. The lowest BCUT2D eigenvalue weighted by Gasteiger charge is -2.15. The second kappa shape index (κ2) is 8.38. The second-order valence-electron chi connectivity index (χ2n) is 6.08. The van der Waals surface area contributed by atoms with E-state index >= 15 is 0 Å². The summed E-state index contributed by atoms with van der Waals surface area (Å²) in [5.74, 6) is 0.554. The Bertz CT molecular complexity index is 887. The molecular weight excluding hydrogens is 364 g/mol. The molecule has 1 saturated heterocycles. The number of hydrogen-bond donors (Lipinski definition) is 2. The summed E-state index contributed by atoms with van der Waals surface area (Å²) >= 11 is 0. The summed E-state index contributed by atoms with van der Waals surface area (Å²) in [5, 5.41) is 5.14. The number of anilines is 1. The molecule has 1 aliphatic heterocycles. The third kappa shape index (κ3) is 4.20. The van der Waals surface area contributed by atoms with Crippen LogP contribution in [0.15, 0.2) is 42.6 Å². The van der Waals surface area contributed by atoms with Gasteiger partial charge in [0.2, 0.25) is 5.91 Å². The van der Waals surface area contributed by atoms with Gasteiger partial charge in [0.05, 0.1) is 27.2 Å². The first-order chi connectivity index (χ1) is 13.5. The number of ether oxygens (including phenoxy) is 2. The molecule has 4 amide bonds. The maximum Gasteiger partial charge on any atom is 0.325 e. The van der Waals surface area contributed by atoms with E-state index in [0.29, 0.717) is 22.9 Å². The van der Waals surface area contributed by atoms with Crippen molar-refractivity contribution in [3.63, 3.8) is 0 Å². The number of nitrogens with one attached hydrogen (secondary N) is 2. The molecule has 0 radical (unpaired) electrons. The van der Waals surface area contributed by atoms with Gasteiger partial charge < -0.3 is 20.1 Å². The van der Waals surface area contributed by atoms with Gasteiger partial charge >= 0.3 is 6.03 Å². The number of rotatable bonds is 7. The van der Waals surface area contributed by atoms with Crippen molar-refractivity contribution in [1.82, 2.24) is 15.2 Å². The fourth-order valence-electron chi connectivity index (χ4n) is 2.84. The van der Waals surface area contributed by atoms with Gasteiger partial charge in [-0.1, -0.05) is 12.1 Å². The number of hydrogen-bond acceptors (Lipinski definition) is 6. The van der Waals surface area contributed by atoms with Gasteiger partial charge in [0, 0.05) is 6.20 Å². The molecule has 28 heavy (non-hydrogen) atoms. The van der Waals surface area contributed by atoms with Gasteiger partial charge in [-0.2, -0.15) is 0 Å². The normalized spacial score (nSPS) is 15.9. The van der Waals surface area contributed by atoms with E-state index < -0.39 is 23.9 Å². The Morgan fingerprint density at radius 1 is 1.18 bits per heavy atom. The van der Waals surface area contributed by atoms with E-state index in [1.165, 1.54) is 14.2 Å². The highest BCUT2D eigenvalue weighted by Gasteiger charge is 2.39. The van der Waals surface area contributed by atoms with Crippen molar-refractivity contribution in [3.8, 4) is 11.5 Å². The Morgan fingerprint density at radius 2 is 1.96 bits per heavy atom. The highest BCUT2D eigenvalue weighted by atomic mass is 16.5. The summed E-state index contributed by atoms with van der Waals surface area (Å²) in [7, 11) is 3.03. The molecule has 0 spiro atoms. The molecule has 146 valence electrons. The van der Waals surface area contributed by atoms with Crippen LogP contribution in [0.2, 0.25) is 0 Å². The average Bonchev–Trinajstić information content (AvgIpc) is 2.95. The Morgan fingerprint density at radius 3 is 2.64 bits per heavy atom. The van der Waals surface area contributed by atoms with Gasteiger partial charge in [-0.3, -0.25) is 14.5 Å². The van der Waals surface area contributed by atoms with Gasteiger partial charge in [0.15, 0.2) is 11.5 Å². The minimum atomic E-state index is -0.920. The minimum absolute atomic E-state index is 0.0589. The highest BCUT2D eigenvalue weighted by molar-refractivity contribution is 6.06. The number of aromatic nitrogens is 1. The standard InChI is InChI=1S/C19H20N4O5/c1-27-14-7-6-12(9-15(14)28-2)11-23-18(25)13(21-19(23)26)10-17(24)22-16-5-3-4-8-20-16/h3-9,13H,10-11H2,1-2H3,(H,21,26)(H,20,22,24)/t13-/m0/s1. The number of benzene rings is 1. The van der Waals surface area contributed by atoms with E-state index in [9.17, 15) is 14.4 Å². The van der Waals surface area contributed by atoms with Crippen LogP contribution in [0.1, 0.15) is 12.0 Å². The predicted molar refractivity (Wildman–Crippen MR) is 99.9 cm³/mol. The first-order valence-corrected chi connectivity index (χ1v) is 8.55. The van der Waals surface area contributed by atoms with E-state index in [1.54, 1.807) is 42.6 Å². The smallest absolute Gasteiger partial charge is 0.325 e. The minimum Gasteiger partial charge on any atom is -0.493 e. The first kappa shape index (κ1) is 19.2. The van der Waals surface area contributed by atoms with Crippen molar-refractivity contribution in [3.05, 3.63) is 48.2 Å². The second-order valence-corrected chi connectivity index (χ2v) is 6.08. The summed E-state index contributed by atoms with van der Waals surface area (Å²) < 4.78 is 10.4. The Kier molecular flexibility index (Phi) is 5.73. The molecule has 1 atom stereocenters. The summed E-state index contributed by atoms with van der Waals surface area (Å²) in [4.78, 5) is 42.0. The lowest BCUT2D eigenvalue weighted by atomic mass is 10.1. The van der Waals surface area contributed by atoms with E-state index in [2.05, 4.69) is 15.6 Å². The van der Waals surface area contributed by atoms with Gasteiger partial charge in [-0.05, 0) is 29.8 Å². The van der Waals surface area contributed by atoms with Crippen LogP contribution in [-0.2, 0) is 16.1 Å². The van der Waals surface area contributed by atoms with Crippen molar-refractivity contribution < 1.29 is 23.9 Å². The number of nitrogens with zero attached hydrogens (tertiary/aromatic N) is 2. The monoisotopic (exact) mass is 384 g/mol. The van der Waals surface area contributed by atoms with Gasteiger partial charge in [0.1, 0.15) is 11.9 Å². The maximum absolute atomic E-state index is 12.6. The number of imide groups is 1. The summed E-state index contributed by atoms with van der Waals surface area (Å²) in [6.45, 7) is 0.0589. The van der Waals surface area contributed by atoms with E-state index in [-0.39, 0.29) is 13.0 Å². The van der Waals surface area contributed by atoms with Crippen molar-refractivity contribution >= 4 is 23.7 Å². The van der Waals surface area contributed by atoms with Gasteiger partial charge in [-0.25, -0.2) is 9.78 Å². The van der Waals surface area contributed by atoms with Crippen LogP contribution in [0.25, 0.3) is 0 Å². The Balaban J connectivity index is 1.64. The zero-order chi connectivity index (χ0) is 20.1. The third-order valence-corrected chi connectivity index (χ3v) is 4.22. The zero-order valence-electron chi connectivity index (χ0n) is 15.5. The van der Waals surface area contributed by atoms with Crippen molar-refractivity contribution in [2.45, 2.75) is 19.0 Å². The molecule has 0 bridgehead atoms. The topological polar surface area (TPSA) is 110 Å². The quantitative estimate of drug-likeness (QED) is 0.701. The van der Waals surface area contributed by atoms with E-state index in [0.717, 1.165) is 4.90 Å². The number of pyridine rings is 1. The largest absolute Gasteiger partial charge is 0.493 e. The summed E-state index contributed by atoms with van der Waals surface area (Å²) in [6, 6.07) is 8.76. The van der Waals surface area contributed by atoms with Crippen LogP contribution in [0.5, 0.6) is 11.5 Å². The fourth-order valence-corrected chi connectivity index (χ4v) is 2.84. The predicted octanol–water partition coefficient (Wildman–Crippen LogP) is 1.55. The van der Waals surface area contributed by atoms with Crippen molar-refractivity contribution in [2.24, 2.45) is 0 Å². The molecule has 0 unspecified atom stereocenters. The molecule has 0 saturated carbocycles. The average molecular weight is 384 g/mol. The molecule has 0 aliphatic carbocycles. The fraction of sp³-hybridized carbons (Fsp3) is 0.263. The van der Waals surface area contributed by atoms with Crippen molar-refractivity contribution in [2.75, 3.05) is 19.5 Å². The van der Waals surface area contributed by atoms with E-state index in [4.69, 9.17) is 9.47 Å². The lowest BCUT2D eigenvalue weighted by molar-refractivity contribution is -0.130. The number of urea groups is 1. The lowest BCUT2D eigenvalue weighted by Crippen LogP contribution is -2.34. The van der Waals surface area contributed by atoms with Crippen LogP contribution in [0.3, 0.4) is 0 Å². The molecule has 1 aromatic heterocycles. The maximum atomic E-state index is 12.6. The van der Waals surface area contributed by atoms with Crippen LogP contribution in [0, 0.1) is 0 Å². The number of carbonyl (C=O) groups excluding carboxylic acids is 3. The Hall–Kier alpha value is -3.62. The molecular formula is C19H20N4O5. The molecule has 3 rings (SSSR count). The van der Waals surface area contributed by atoms with Crippen LogP contribution in [0.4, 0.5) is 10.6 Å². The summed E-state index contributed by atoms with van der Waals surface area (Å²) in [6.07, 6.45) is 1.37. The molecule has 2 heterocycles. The number of methoxy groups -OCH3 is 2. The molecule has 9 nitrogen and oxygen atoms in total. The van der Waals surface area contributed by atoms with Gasteiger partial charge in [-0.15, -0.1) is 0 Å². The van der Waals surface area contributed by atoms with Crippen LogP contribution < -0.4 is 20.1 Å². The molecule has 1 aliphatic rings. The van der Waals surface area contributed by atoms with Crippen LogP contribution in [-0.4, -0.2) is 48.0 Å². The van der Waals surface area contributed by atoms with Crippen LogP contribution >= 0.6 is 0 Å². The highest BCUT2D eigenvalue weighted by Crippen LogP contribution is 2.28. The molecule has 2 N–H and O–H groups in total.